The molecule has 1 aliphatic heterocycles. The number of ether oxygens (including phenoxy) is 2. The van der Waals surface area contributed by atoms with Gasteiger partial charge in [-0.3, -0.25) is 4.39 Å². The highest BCUT2D eigenvalue weighted by Gasteiger charge is 2.36. The summed E-state index contributed by atoms with van der Waals surface area (Å²) in [5.41, 5.74) is 4.81. The number of nitrogens with two attached hydrogens (primary N) is 1. The van der Waals surface area contributed by atoms with Crippen molar-refractivity contribution in [2.75, 3.05) is 61.2 Å². The van der Waals surface area contributed by atoms with Crippen molar-refractivity contribution in [2.24, 2.45) is 0 Å². The molecule has 1 aliphatic rings. The molecule has 0 saturated carbocycles. The lowest BCUT2D eigenvalue weighted by Crippen LogP contribution is -2.37. The first-order valence-electron chi connectivity index (χ1n) is 13.2. The minimum absolute atomic E-state index is 0.00608. The van der Waals surface area contributed by atoms with Gasteiger partial charge < -0.3 is 24.8 Å². The summed E-state index contributed by atoms with van der Waals surface area (Å²) in [7, 11) is -0.334. The van der Waals surface area contributed by atoms with Crippen LogP contribution in [0.1, 0.15) is 12.0 Å². The molecule has 2 aromatic heterocycles. The van der Waals surface area contributed by atoms with Crippen molar-refractivity contribution in [3.05, 3.63) is 54.0 Å². The SMILES string of the molecule is COc1cc(-c2cccc(NS(=O)CCCF)c2F)cc2c(N3CCOCC3)nc(-c3cnc(N)cc3C(F)(F)F)nc12. The fourth-order valence-electron chi connectivity index (χ4n) is 4.71. The molecule has 1 fully saturated rings. The van der Waals surface area contributed by atoms with Crippen LogP contribution in [0.15, 0.2) is 42.6 Å². The van der Waals surface area contributed by atoms with E-state index in [2.05, 4.69) is 19.7 Å². The number of nitrogens with one attached hydrogen (secondary N) is 1. The van der Waals surface area contributed by atoms with Crippen LogP contribution >= 0.6 is 0 Å². The Labute approximate surface area is 245 Å². The number of pyridine rings is 1. The molecular weight excluding hydrogens is 595 g/mol. The zero-order valence-corrected chi connectivity index (χ0v) is 23.7. The molecule has 1 unspecified atom stereocenters. The lowest BCUT2D eigenvalue weighted by molar-refractivity contribution is -0.137. The second kappa shape index (κ2) is 12.6. The number of alkyl halides is 4. The van der Waals surface area contributed by atoms with E-state index in [4.69, 9.17) is 15.2 Å². The van der Waals surface area contributed by atoms with Gasteiger partial charge in [0.2, 0.25) is 0 Å². The van der Waals surface area contributed by atoms with Gasteiger partial charge in [0.25, 0.3) is 0 Å². The summed E-state index contributed by atoms with van der Waals surface area (Å²) in [5.74, 6) is -0.787. The number of hydrogen-bond donors (Lipinski definition) is 2. The summed E-state index contributed by atoms with van der Waals surface area (Å²) >= 11 is 0. The van der Waals surface area contributed by atoms with Crippen LogP contribution in [0.25, 0.3) is 33.4 Å². The molecule has 1 saturated heterocycles. The molecule has 0 bridgehead atoms. The zero-order valence-electron chi connectivity index (χ0n) is 22.9. The fourth-order valence-corrected chi connectivity index (χ4v) is 5.59. The summed E-state index contributed by atoms with van der Waals surface area (Å²) in [6.07, 6.45) is -3.72. The Morgan fingerprint density at radius 1 is 1.14 bits per heavy atom. The average Bonchev–Trinajstić information content (AvgIpc) is 3.00. The highest BCUT2D eigenvalue weighted by molar-refractivity contribution is 7.86. The van der Waals surface area contributed by atoms with Gasteiger partial charge in [-0.25, -0.2) is 23.6 Å². The Kier molecular flexibility index (Phi) is 8.92. The van der Waals surface area contributed by atoms with Crippen molar-refractivity contribution in [3.8, 4) is 28.3 Å². The van der Waals surface area contributed by atoms with Gasteiger partial charge in [0.1, 0.15) is 33.9 Å². The van der Waals surface area contributed by atoms with Crippen LogP contribution in [-0.4, -0.2) is 65.0 Å². The van der Waals surface area contributed by atoms with Crippen molar-refractivity contribution in [3.63, 3.8) is 0 Å². The quantitative estimate of drug-likeness (QED) is 0.239. The highest BCUT2D eigenvalue weighted by Crippen LogP contribution is 2.41. The third-order valence-corrected chi connectivity index (χ3v) is 7.85. The van der Waals surface area contributed by atoms with Crippen molar-refractivity contribution in [2.45, 2.75) is 12.6 Å². The number of morpholine rings is 1. The third kappa shape index (κ3) is 6.46. The molecule has 4 aromatic rings. The molecule has 5 rings (SSSR count). The van der Waals surface area contributed by atoms with E-state index in [0.717, 1.165) is 12.3 Å². The standard InChI is InChI=1S/C28H27F5N6O3S/c1-41-22-13-16(17-4-2-5-21(24(17)30)38-43(40)11-3-6-29)12-18-25(22)36-26(37-27(18)39-7-9-42-10-8-39)19-15-35-23(34)14-20(19)28(31,32)33/h2,4-5,12-15,38H,3,6-11H2,1H3,(H2,34,35). The van der Waals surface area contributed by atoms with Gasteiger partial charge in [-0.15, -0.1) is 0 Å². The van der Waals surface area contributed by atoms with Crippen LogP contribution in [0.2, 0.25) is 0 Å². The first kappa shape index (κ1) is 30.4. The van der Waals surface area contributed by atoms with E-state index in [1.54, 1.807) is 12.1 Å². The van der Waals surface area contributed by atoms with E-state index in [1.807, 2.05) is 4.90 Å². The monoisotopic (exact) mass is 622 g/mol. The zero-order chi connectivity index (χ0) is 30.7. The number of nitrogens with zero attached hydrogens (tertiary/aromatic N) is 4. The fraction of sp³-hybridized carbons (Fsp3) is 0.321. The van der Waals surface area contributed by atoms with Gasteiger partial charge in [-0.2, -0.15) is 13.2 Å². The molecule has 228 valence electrons. The van der Waals surface area contributed by atoms with Gasteiger partial charge in [0, 0.05) is 41.6 Å². The summed E-state index contributed by atoms with van der Waals surface area (Å²) in [5, 5.41) is 0.404. The predicted molar refractivity (Wildman–Crippen MR) is 154 cm³/mol. The second-order valence-electron chi connectivity index (χ2n) is 9.56. The summed E-state index contributed by atoms with van der Waals surface area (Å²) < 4.78 is 96.2. The largest absolute Gasteiger partial charge is 0.494 e. The number of hydrogen-bond acceptors (Lipinski definition) is 8. The van der Waals surface area contributed by atoms with Crippen LogP contribution in [0.3, 0.4) is 0 Å². The molecule has 3 heterocycles. The normalized spacial score (nSPS) is 14.6. The van der Waals surface area contributed by atoms with Crippen molar-refractivity contribution in [1.82, 2.24) is 15.0 Å². The Hall–Kier alpha value is -4.11. The van der Waals surface area contributed by atoms with Crippen molar-refractivity contribution < 1.29 is 35.6 Å². The minimum atomic E-state index is -4.76. The van der Waals surface area contributed by atoms with Crippen LogP contribution < -0.4 is 20.1 Å². The first-order chi connectivity index (χ1) is 20.6. The number of benzene rings is 2. The molecular formula is C28H27F5N6O3S. The van der Waals surface area contributed by atoms with Gasteiger partial charge in [0.15, 0.2) is 11.6 Å². The lowest BCUT2D eigenvalue weighted by Gasteiger charge is -2.29. The maximum absolute atomic E-state index is 15.7. The first-order valence-corrected chi connectivity index (χ1v) is 14.5. The number of methoxy groups -OCH3 is 1. The van der Waals surface area contributed by atoms with Crippen LogP contribution in [0.4, 0.5) is 39.3 Å². The number of rotatable bonds is 9. The predicted octanol–water partition coefficient (Wildman–Crippen LogP) is 5.38. The molecule has 1 atom stereocenters. The van der Waals surface area contributed by atoms with E-state index >= 15 is 4.39 Å². The van der Waals surface area contributed by atoms with E-state index in [1.165, 1.54) is 25.3 Å². The number of nitrogen functional groups attached to an aromatic ring is 1. The second-order valence-corrected chi connectivity index (χ2v) is 10.9. The molecule has 0 amide bonds. The van der Waals surface area contributed by atoms with Crippen LogP contribution in [0, 0.1) is 5.82 Å². The number of anilines is 3. The maximum atomic E-state index is 15.7. The number of halogens is 5. The van der Waals surface area contributed by atoms with E-state index in [-0.39, 0.29) is 51.9 Å². The van der Waals surface area contributed by atoms with Crippen LogP contribution in [-0.2, 0) is 21.9 Å². The molecule has 2 aromatic carbocycles. The summed E-state index contributed by atoms with van der Waals surface area (Å²) in [4.78, 5) is 14.7. The molecule has 15 heteroatoms. The van der Waals surface area contributed by atoms with Gasteiger partial charge >= 0.3 is 6.18 Å². The maximum Gasteiger partial charge on any atom is 0.417 e. The van der Waals surface area contributed by atoms with E-state index in [0.29, 0.717) is 43.1 Å². The molecule has 9 nitrogen and oxygen atoms in total. The van der Waals surface area contributed by atoms with Crippen molar-refractivity contribution in [1.29, 1.82) is 0 Å². The summed E-state index contributed by atoms with van der Waals surface area (Å²) in [6, 6.07) is 8.37. The molecule has 0 radical (unpaired) electrons. The van der Waals surface area contributed by atoms with Gasteiger partial charge in [0.05, 0.1) is 38.2 Å². The molecule has 0 spiro atoms. The van der Waals surface area contributed by atoms with Gasteiger partial charge in [-0.05, 0) is 36.2 Å². The topological polar surface area (TPSA) is 115 Å². The Morgan fingerprint density at radius 3 is 2.60 bits per heavy atom. The number of aromatic nitrogens is 3. The van der Waals surface area contributed by atoms with Crippen molar-refractivity contribution >= 4 is 39.2 Å². The molecule has 0 aliphatic carbocycles. The smallest absolute Gasteiger partial charge is 0.417 e. The number of fused-ring (bicyclic) bond motifs is 1. The van der Waals surface area contributed by atoms with E-state index < -0.39 is 35.2 Å². The highest BCUT2D eigenvalue weighted by atomic mass is 32.2. The van der Waals surface area contributed by atoms with E-state index in [9.17, 15) is 21.8 Å². The Morgan fingerprint density at radius 2 is 1.91 bits per heavy atom. The van der Waals surface area contributed by atoms with Gasteiger partial charge in [-0.1, -0.05) is 12.1 Å². The molecule has 43 heavy (non-hydrogen) atoms. The Balaban J connectivity index is 1.70. The molecule has 3 N–H and O–H groups in total. The average molecular weight is 623 g/mol. The lowest BCUT2D eigenvalue weighted by atomic mass is 10.0. The third-order valence-electron chi connectivity index (χ3n) is 6.74. The van der Waals surface area contributed by atoms with Crippen LogP contribution in [0.5, 0.6) is 5.75 Å². The summed E-state index contributed by atoms with van der Waals surface area (Å²) in [6.45, 7) is 0.854. The Bertz CT molecular complexity index is 1670. The minimum Gasteiger partial charge on any atom is -0.494 e.